The molecule has 0 saturated carbocycles. The lowest BCUT2D eigenvalue weighted by molar-refractivity contribution is -0.114. The maximum atomic E-state index is 13.0. The molecule has 0 bridgehead atoms. The Morgan fingerprint density at radius 1 is 1.12 bits per heavy atom. The van der Waals surface area contributed by atoms with Crippen LogP contribution in [0.5, 0.6) is 5.75 Å². The summed E-state index contributed by atoms with van der Waals surface area (Å²) >= 11 is 0. The fraction of sp³-hybridized carbons (Fsp3) is 0.208. The van der Waals surface area contributed by atoms with E-state index < -0.39 is 0 Å². The molecule has 2 aromatic carbocycles. The highest BCUT2D eigenvalue weighted by Crippen LogP contribution is 2.34. The number of hydrogen-bond acceptors (Lipinski definition) is 4. The van der Waals surface area contributed by atoms with Crippen LogP contribution in [0, 0.1) is 0 Å². The van der Waals surface area contributed by atoms with Crippen LogP contribution in [-0.4, -0.2) is 42.0 Å². The number of fused-ring (bicyclic) bond motifs is 4. The SMILES string of the molecule is C=CC(=O)N1CCOc2ccc(NC(=O)c3ccc4cc5n(c4c3)CCCNC5=O)cc21. The molecule has 32 heavy (non-hydrogen) atoms. The molecule has 0 saturated heterocycles. The fourth-order valence-corrected chi connectivity index (χ4v) is 4.19. The van der Waals surface area contributed by atoms with Crippen molar-refractivity contribution in [3.8, 4) is 5.75 Å². The molecule has 8 nitrogen and oxygen atoms in total. The molecule has 1 aromatic heterocycles. The zero-order chi connectivity index (χ0) is 22.2. The number of nitrogens with one attached hydrogen (secondary N) is 2. The highest BCUT2D eigenvalue weighted by molar-refractivity contribution is 6.08. The number of carbonyl (C=O) groups is 3. The summed E-state index contributed by atoms with van der Waals surface area (Å²) in [4.78, 5) is 39.0. The third-order valence-electron chi connectivity index (χ3n) is 5.76. The average Bonchev–Trinajstić information content (AvgIpc) is 3.08. The van der Waals surface area contributed by atoms with Gasteiger partial charge in [-0.15, -0.1) is 0 Å². The second-order valence-electron chi connectivity index (χ2n) is 7.74. The topological polar surface area (TPSA) is 92.7 Å². The van der Waals surface area contributed by atoms with E-state index in [0.717, 1.165) is 17.3 Å². The van der Waals surface area contributed by atoms with Gasteiger partial charge in [0.25, 0.3) is 17.7 Å². The number of carbonyl (C=O) groups excluding carboxylic acids is 3. The second kappa shape index (κ2) is 7.88. The highest BCUT2D eigenvalue weighted by atomic mass is 16.5. The first kappa shape index (κ1) is 19.9. The molecule has 3 aromatic rings. The van der Waals surface area contributed by atoms with Gasteiger partial charge in [-0.1, -0.05) is 12.6 Å². The van der Waals surface area contributed by atoms with Gasteiger partial charge in [0.2, 0.25) is 0 Å². The number of aromatic nitrogens is 1. The predicted molar refractivity (Wildman–Crippen MR) is 121 cm³/mol. The third-order valence-corrected chi connectivity index (χ3v) is 5.76. The van der Waals surface area contributed by atoms with Crippen molar-refractivity contribution in [2.24, 2.45) is 0 Å². The van der Waals surface area contributed by atoms with Crippen LogP contribution >= 0.6 is 0 Å². The number of hydrogen-bond donors (Lipinski definition) is 2. The Kier molecular flexibility index (Phi) is 4.89. The molecule has 0 aliphatic carbocycles. The first-order valence-corrected chi connectivity index (χ1v) is 10.5. The van der Waals surface area contributed by atoms with Gasteiger partial charge in [0.15, 0.2) is 0 Å². The summed E-state index contributed by atoms with van der Waals surface area (Å²) in [5.74, 6) is -0.0140. The average molecular weight is 430 g/mol. The Labute approximate surface area is 184 Å². The number of nitrogens with zero attached hydrogens (tertiary/aromatic N) is 2. The maximum Gasteiger partial charge on any atom is 0.267 e. The Bertz CT molecular complexity index is 1280. The molecular weight excluding hydrogens is 408 g/mol. The molecule has 5 rings (SSSR count). The van der Waals surface area contributed by atoms with E-state index in [1.165, 1.54) is 6.08 Å². The van der Waals surface area contributed by atoms with Crippen molar-refractivity contribution >= 4 is 40.0 Å². The van der Waals surface area contributed by atoms with Crippen LogP contribution < -0.4 is 20.3 Å². The summed E-state index contributed by atoms with van der Waals surface area (Å²) in [7, 11) is 0. The van der Waals surface area contributed by atoms with Crippen molar-refractivity contribution in [2.45, 2.75) is 13.0 Å². The van der Waals surface area contributed by atoms with Gasteiger partial charge < -0.3 is 24.8 Å². The zero-order valence-electron chi connectivity index (χ0n) is 17.4. The molecule has 0 atom stereocenters. The monoisotopic (exact) mass is 430 g/mol. The molecule has 162 valence electrons. The van der Waals surface area contributed by atoms with E-state index in [1.54, 1.807) is 29.2 Å². The number of rotatable bonds is 3. The number of ether oxygens (including phenoxy) is 1. The fourth-order valence-electron chi connectivity index (χ4n) is 4.19. The third kappa shape index (κ3) is 3.39. The van der Waals surface area contributed by atoms with Crippen LogP contribution in [0.3, 0.4) is 0 Å². The molecule has 2 N–H and O–H groups in total. The van der Waals surface area contributed by atoms with E-state index in [-0.39, 0.29) is 17.7 Å². The predicted octanol–water partition coefficient (Wildman–Crippen LogP) is 2.94. The second-order valence-corrected chi connectivity index (χ2v) is 7.74. The smallest absolute Gasteiger partial charge is 0.267 e. The van der Waals surface area contributed by atoms with Gasteiger partial charge in [0.1, 0.15) is 18.1 Å². The van der Waals surface area contributed by atoms with Crippen LogP contribution in [0.4, 0.5) is 11.4 Å². The van der Waals surface area contributed by atoms with Crippen molar-refractivity contribution < 1.29 is 19.1 Å². The van der Waals surface area contributed by atoms with E-state index in [2.05, 4.69) is 17.2 Å². The number of aryl methyl sites for hydroxylation is 1. The van der Waals surface area contributed by atoms with Crippen LogP contribution in [0.15, 0.2) is 55.1 Å². The van der Waals surface area contributed by atoms with Gasteiger partial charge in [-0.25, -0.2) is 0 Å². The molecule has 2 aliphatic rings. The molecule has 3 heterocycles. The standard InChI is InChI=1S/C24H22N4O4/c1-2-22(29)28-10-11-32-21-7-6-17(14-19(21)28)26-23(30)16-5-4-15-12-20-24(31)25-8-3-9-27(20)18(15)13-16/h2,4-7,12-14H,1,3,8-11H2,(H,25,31)(H,26,30). The Balaban J connectivity index is 1.44. The van der Waals surface area contributed by atoms with Crippen LogP contribution in [0.25, 0.3) is 10.9 Å². The quantitative estimate of drug-likeness (QED) is 0.625. The van der Waals surface area contributed by atoms with Crippen molar-refractivity contribution in [1.82, 2.24) is 9.88 Å². The Hall–Kier alpha value is -4.07. The summed E-state index contributed by atoms with van der Waals surface area (Å²) in [5.41, 5.74) is 3.09. The lowest BCUT2D eigenvalue weighted by Gasteiger charge is -2.29. The van der Waals surface area contributed by atoms with Gasteiger partial charge in [-0.3, -0.25) is 14.4 Å². The largest absolute Gasteiger partial charge is 0.490 e. The summed E-state index contributed by atoms with van der Waals surface area (Å²) in [6.45, 7) is 5.71. The van der Waals surface area contributed by atoms with E-state index in [0.29, 0.717) is 54.6 Å². The molecule has 0 unspecified atom stereocenters. The number of amides is 3. The summed E-state index contributed by atoms with van der Waals surface area (Å²) < 4.78 is 7.59. The van der Waals surface area contributed by atoms with Crippen LogP contribution in [0.2, 0.25) is 0 Å². The minimum atomic E-state index is -0.279. The van der Waals surface area contributed by atoms with Crippen LogP contribution in [0.1, 0.15) is 27.3 Å². The van der Waals surface area contributed by atoms with Gasteiger partial charge in [-0.05, 0) is 48.9 Å². The number of anilines is 2. The normalized spacial score (nSPS) is 15.1. The Morgan fingerprint density at radius 2 is 2.00 bits per heavy atom. The summed E-state index contributed by atoms with van der Waals surface area (Å²) in [6.07, 6.45) is 2.09. The highest BCUT2D eigenvalue weighted by Gasteiger charge is 2.23. The van der Waals surface area contributed by atoms with E-state index in [4.69, 9.17) is 4.74 Å². The van der Waals surface area contributed by atoms with E-state index >= 15 is 0 Å². The van der Waals surface area contributed by atoms with Gasteiger partial charge in [0.05, 0.1) is 12.2 Å². The first-order chi connectivity index (χ1) is 15.5. The minimum absolute atomic E-state index is 0.0976. The molecule has 0 spiro atoms. The van der Waals surface area contributed by atoms with Gasteiger partial charge >= 0.3 is 0 Å². The molecule has 2 aliphatic heterocycles. The molecule has 8 heteroatoms. The summed E-state index contributed by atoms with van der Waals surface area (Å²) in [5, 5.41) is 6.70. The van der Waals surface area contributed by atoms with Crippen molar-refractivity contribution in [3.63, 3.8) is 0 Å². The number of benzene rings is 2. The van der Waals surface area contributed by atoms with E-state index in [9.17, 15) is 14.4 Å². The van der Waals surface area contributed by atoms with E-state index in [1.807, 2.05) is 22.8 Å². The minimum Gasteiger partial charge on any atom is -0.490 e. The molecule has 0 radical (unpaired) electrons. The first-order valence-electron chi connectivity index (χ1n) is 10.5. The lowest BCUT2D eigenvalue weighted by atomic mass is 10.1. The van der Waals surface area contributed by atoms with Crippen molar-refractivity contribution in [1.29, 1.82) is 0 Å². The van der Waals surface area contributed by atoms with Crippen LogP contribution in [-0.2, 0) is 11.3 Å². The van der Waals surface area contributed by atoms with Gasteiger partial charge in [0, 0.05) is 35.2 Å². The summed E-state index contributed by atoms with van der Waals surface area (Å²) in [6, 6.07) is 12.5. The Morgan fingerprint density at radius 3 is 2.84 bits per heavy atom. The molecular formula is C24H22N4O4. The van der Waals surface area contributed by atoms with Gasteiger partial charge in [-0.2, -0.15) is 0 Å². The zero-order valence-corrected chi connectivity index (χ0v) is 17.4. The maximum absolute atomic E-state index is 13.0. The molecule has 0 fully saturated rings. The lowest BCUT2D eigenvalue weighted by Crippen LogP contribution is -2.36. The molecule has 3 amide bonds. The van der Waals surface area contributed by atoms with Crippen molar-refractivity contribution in [3.05, 3.63) is 66.4 Å². The van der Waals surface area contributed by atoms with Crippen molar-refractivity contribution in [2.75, 3.05) is 29.9 Å².